The summed E-state index contributed by atoms with van der Waals surface area (Å²) in [4.78, 5) is 11.6. The number of aliphatic carboxylic acids is 1. The third-order valence-electron chi connectivity index (χ3n) is 4.04. The van der Waals surface area contributed by atoms with E-state index < -0.39 is 21.8 Å². The van der Waals surface area contributed by atoms with Gasteiger partial charge < -0.3 is 5.11 Å². The van der Waals surface area contributed by atoms with Crippen LogP contribution in [0.1, 0.15) is 30.9 Å². The van der Waals surface area contributed by atoms with Gasteiger partial charge >= 0.3 is 5.97 Å². The van der Waals surface area contributed by atoms with Crippen LogP contribution in [0, 0.1) is 5.92 Å². The molecule has 108 valence electrons. The van der Waals surface area contributed by atoms with Crippen molar-refractivity contribution in [1.82, 2.24) is 5.32 Å². The van der Waals surface area contributed by atoms with E-state index in [0.29, 0.717) is 16.9 Å². The highest BCUT2D eigenvalue weighted by atomic mass is 32.2. The van der Waals surface area contributed by atoms with E-state index in [-0.39, 0.29) is 17.7 Å². The Morgan fingerprint density at radius 1 is 1.25 bits per heavy atom. The lowest BCUT2D eigenvalue weighted by atomic mass is 10.0. The Bertz CT molecular complexity index is 636. The summed E-state index contributed by atoms with van der Waals surface area (Å²) in [6.07, 6.45) is 2.28. The monoisotopic (exact) mass is 295 g/mol. The van der Waals surface area contributed by atoms with E-state index in [1.807, 2.05) is 0 Å². The second-order valence-electron chi connectivity index (χ2n) is 5.52. The molecule has 2 atom stereocenters. The lowest BCUT2D eigenvalue weighted by molar-refractivity contribution is -0.140. The minimum atomic E-state index is -3.22. The number of benzene rings is 1. The van der Waals surface area contributed by atoms with Crippen molar-refractivity contribution in [3.63, 3.8) is 0 Å². The zero-order valence-corrected chi connectivity index (χ0v) is 11.8. The van der Waals surface area contributed by atoms with Crippen LogP contribution in [0.3, 0.4) is 0 Å². The number of fused-ring (bicyclic) bond motifs is 1. The van der Waals surface area contributed by atoms with Crippen molar-refractivity contribution < 1.29 is 18.3 Å². The number of hydrogen-bond acceptors (Lipinski definition) is 4. The highest BCUT2D eigenvalue weighted by Gasteiger charge is 2.39. The van der Waals surface area contributed by atoms with Crippen LogP contribution in [-0.2, 0) is 14.6 Å². The molecule has 2 unspecified atom stereocenters. The molecule has 1 aliphatic carbocycles. The summed E-state index contributed by atoms with van der Waals surface area (Å²) in [5.74, 6) is -0.602. The fourth-order valence-corrected chi connectivity index (χ4v) is 4.44. The summed E-state index contributed by atoms with van der Waals surface area (Å²) < 4.78 is 24.1. The summed E-state index contributed by atoms with van der Waals surface area (Å²) in [7, 11) is -3.22. The molecule has 1 fully saturated rings. The average molecular weight is 295 g/mol. The van der Waals surface area contributed by atoms with Crippen molar-refractivity contribution in [1.29, 1.82) is 0 Å². The molecule has 20 heavy (non-hydrogen) atoms. The molecule has 0 amide bonds. The van der Waals surface area contributed by atoms with Crippen LogP contribution in [-0.4, -0.2) is 31.3 Å². The van der Waals surface area contributed by atoms with E-state index in [4.69, 9.17) is 0 Å². The Morgan fingerprint density at radius 3 is 2.60 bits per heavy atom. The molecule has 6 heteroatoms. The molecule has 0 aromatic heterocycles. The summed E-state index contributed by atoms with van der Waals surface area (Å²) in [6.45, 7) is 0. The molecule has 1 saturated carbocycles. The van der Waals surface area contributed by atoms with Gasteiger partial charge in [-0.2, -0.15) is 0 Å². The molecule has 0 radical (unpaired) electrons. The quantitative estimate of drug-likeness (QED) is 0.876. The molecule has 1 heterocycles. The minimum absolute atomic E-state index is 0.0681. The van der Waals surface area contributed by atoms with Crippen molar-refractivity contribution in [3.8, 4) is 0 Å². The van der Waals surface area contributed by atoms with Gasteiger partial charge in [0.05, 0.1) is 10.6 Å². The van der Waals surface area contributed by atoms with Crippen molar-refractivity contribution >= 4 is 15.8 Å². The Hall–Kier alpha value is -1.40. The summed E-state index contributed by atoms with van der Waals surface area (Å²) in [6, 6.07) is 6.10. The molecule has 1 aromatic carbocycles. The Labute approximate surface area is 117 Å². The second kappa shape index (κ2) is 4.86. The van der Waals surface area contributed by atoms with Gasteiger partial charge in [0.2, 0.25) is 0 Å². The van der Waals surface area contributed by atoms with E-state index in [0.717, 1.165) is 12.8 Å². The molecule has 0 spiro atoms. The van der Waals surface area contributed by atoms with E-state index in [1.165, 1.54) is 0 Å². The predicted octanol–water partition coefficient (Wildman–Crippen LogP) is 1.36. The van der Waals surface area contributed by atoms with Gasteiger partial charge in [0, 0.05) is 6.04 Å². The summed E-state index contributed by atoms with van der Waals surface area (Å²) in [5, 5.41) is 12.4. The van der Waals surface area contributed by atoms with Gasteiger partial charge in [-0.25, -0.2) is 8.42 Å². The zero-order chi connectivity index (χ0) is 14.3. The van der Waals surface area contributed by atoms with Crippen LogP contribution < -0.4 is 5.32 Å². The summed E-state index contributed by atoms with van der Waals surface area (Å²) >= 11 is 0. The number of carboxylic acid groups (broad SMARTS) is 1. The molecular formula is C14H17NO4S. The van der Waals surface area contributed by atoms with Crippen molar-refractivity contribution in [2.45, 2.75) is 36.2 Å². The maximum atomic E-state index is 12.0. The smallest absolute Gasteiger partial charge is 0.320 e. The Morgan fingerprint density at radius 2 is 1.95 bits per heavy atom. The standard InChI is InChI=1S/C14H17NO4S/c16-14(17)13(9-5-6-9)15-11-7-8-20(18,19)12-4-2-1-3-10(11)12/h1-4,9,11,13,15H,5-8H2,(H,16,17). The lowest BCUT2D eigenvalue weighted by Crippen LogP contribution is -2.42. The Kier molecular flexibility index (Phi) is 3.30. The molecule has 3 rings (SSSR count). The lowest BCUT2D eigenvalue weighted by Gasteiger charge is -2.29. The van der Waals surface area contributed by atoms with Gasteiger partial charge in [-0.05, 0) is 36.8 Å². The molecule has 1 aliphatic heterocycles. The number of sulfone groups is 1. The fraction of sp³-hybridized carbons (Fsp3) is 0.500. The van der Waals surface area contributed by atoms with Gasteiger partial charge in [-0.1, -0.05) is 18.2 Å². The van der Waals surface area contributed by atoms with Crippen LogP contribution in [0.5, 0.6) is 0 Å². The molecule has 2 N–H and O–H groups in total. The van der Waals surface area contributed by atoms with Crippen LogP contribution in [0.15, 0.2) is 29.2 Å². The average Bonchev–Trinajstić information content (AvgIpc) is 3.22. The van der Waals surface area contributed by atoms with Crippen LogP contribution in [0.25, 0.3) is 0 Å². The number of nitrogens with one attached hydrogen (secondary N) is 1. The fourth-order valence-electron chi connectivity index (χ4n) is 2.82. The number of carboxylic acids is 1. The van der Waals surface area contributed by atoms with Gasteiger partial charge in [-0.3, -0.25) is 10.1 Å². The minimum Gasteiger partial charge on any atom is -0.480 e. The molecule has 0 bridgehead atoms. The Balaban J connectivity index is 1.90. The number of hydrogen-bond donors (Lipinski definition) is 2. The second-order valence-corrected chi connectivity index (χ2v) is 7.60. The first kappa shape index (κ1) is 13.6. The number of carbonyl (C=O) groups is 1. The van der Waals surface area contributed by atoms with Crippen LogP contribution in [0.4, 0.5) is 0 Å². The van der Waals surface area contributed by atoms with Crippen molar-refractivity contribution in [2.75, 3.05) is 5.75 Å². The predicted molar refractivity (Wildman–Crippen MR) is 73.1 cm³/mol. The molecule has 0 saturated heterocycles. The van der Waals surface area contributed by atoms with Gasteiger partial charge in [0.1, 0.15) is 6.04 Å². The first-order chi connectivity index (χ1) is 9.49. The molecule has 2 aliphatic rings. The normalized spacial score (nSPS) is 25.7. The first-order valence-electron chi connectivity index (χ1n) is 6.79. The topological polar surface area (TPSA) is 83.5 Å². The van der Waals surface area contributed by atoms with E-state index in [1.54, 1.807) is 24.3 Å². The van der Waals surface area contributed by atoms with Crippen molar-refractivity contribution in [2.24, 2.45) is 5.92 Å². The van der Waals surface area contributed by atoms with Crippen LogP contribution in [0.2, 0.25) is 0 Å². The van der Waals surface area contributed by atoms with E-state index in [2.05, 4.69) is 5.32 Å². The van der Waals surface area contributed by atoms with Gasteiger partial charge in [0.15, 0.2) is 9.84 Å². The molecule has 5 nitrogen and oxygen atoms in total. The zero-order valence-electron chi connectivity index (χ0n) is 11.0. The first-order valence-corrected chi connectivity index (χ1v) is 8.45. The van der Waals surface area contributed by atoms with Crippen molar-refractivity contribution in [3.05, 3.63) is 29.8 Å². The maximum Gasteiger partial charge on any atom is 0.320 e. The highest BCUT2D eigenvalue weighted by molar-refractivity contribution is 7.91. The SMILES string of the molecule is O=C(O)C(NC1CCS(=O)(=O)c2ccccc21)C1CC1. The van der Waals surface area contributed by atoms with Crippen LogP contribution >= 0.6 is 0 Å². The van der Waals surface area contributed by atoms with Gasteiger partial charge in [-0.15, -0.1) is 0 Å². The third kappa shape index (κ3) is 2.45. The number of rotatable bonds is 4. The summed E-state index contributed by atoms with van der Waals surface area (Å²) in [5.41, 5.74) is 0.700. The maximum absolute atomic E-state index is 12.0. The van der Waals surface area contributed by atoms with E-state index in [9.17, 15) is 18.3 Å². The molecular weight excluding hydrogens is 278 g/mol. The molecule has 1 aromatic rings. The van der Waals surface area contributed by atoms with E-state index >= 15 is 0 Å². The third-order valence-corrected chi connectivity index (χ3v) is 5.86. The highest BCUT2D eigenvalue weighted by Crippen LogP contribution is 2.37. The van der Waals surface area contributed by atoms with Gasteiger partial charge in [0.25, 0.3) is 0 Å². The largest absolute Gasteiger partial charge is 0.480 e.